The molecule has 2 aliphatic heterocycles. The minimum Gasteiger partial charge on any atom is -0.489 e. The third-order valence-corrected chi connectivity index (χ3v) is 6.89. The highest BCUT2D eigenvalue weighted by Crippen LogP contribution is 2.31. The molecule has 0 N–H and O–H groups in total. The van der Waals surface area contributed by atoms with Gasteiger partial charge in [-0.2, -0.15) is 10.4 Å². The van der Waals surface area contributed by atoms with Crippen LogP contribution in [0.5, 0.6) is 5.75 Å². The van der Waals surface area contributed by atoms with E-state index in [1.54, 1.807) is 28.0 Å². The summed E-state index contributed by atoms with van der Waals surface area (Å²) in [6.45, 7) is 8.49. The first-order chi connectivity index (χ1) is 18.1. The quantitative estimate of drug-likeness (QED) is 0.472. The number of likely N-dealkylation sites (N-methyl/N-ethyl adjacent to an activating group) is 1. The van der Waals surface area contributed by atoms with Gasteiger partial charge in [0, 0.05) is 56.6 Å². The first-order valence-electron chi connectivity index (χ1n) is 12.4. The number of carbonyl (C=O) groups excluding carboxylic acids is 1. The van der Waals surface area contributed by atoms with E-state index in [2.05, 4.69) is 38.8 Å². The topological polar surface area (TPSA) is 99.2 Å². The maximum absolute atomic E-state index is 11.7. The lowest BCUT2D eigenvalue weighted by Gasteiger charge is -2.34. The van der Waals surface area contributed by atoms with Gasteiger partial charge in [-0.15, -0.1) is 6.42 Å². The van der Waals surface area contributed by atoms with E-state index in [9.17, 15) is 10.1 Å². The Hall–Kier alpha value is -4.12. The second-order valence-electron chi connectivity index (χ2n) is 9.08. The first kappa shape index (κ1) is 24.6. The van der Waals surface area contributed by atoms with Crippen molar-refractivity contribution in [1.82, 2.24) is 24.4 Å². The van der Waals surface area contributed by atoms with E-state index in [1.165, 1.54) is 0 Å². The van der Waals surface area contributed by atoms with Crippen LogP contribution in [0.2, 0.25) is 0 Å². The molecule has 10 heteroatoms. The number of hydrogen-bond donors (Lipinski definition) is 0. The molecule has 3 aromatic heterocycles. The first-order valence-corrected chi connectivity index (χ1v) is 12.4. The molecule has 2 saturated heterocycles. The Balaban J connectivity index is 1.36. The molecule has 37 heavy (non-hydrogen) atoms. The van der Waals surface area contributed by atoms with Gasteiger partial charge in [0.25, 0.3) is 5.91 Å². The van der Waals surface area contributed by atoms with Crippen molar-refractivity contribution in [2.24, 2.45) is 0 Å². The summed E-state index contributed by atoms with van der Waals surface area (Å²) >= 11 is 0. The van der Waals surface area contributed by atoms with Crippen molar-refractivity contribution in [3.63, 3.8) is 0 Å². The molecule has 0 aliphatic carbocycles. The Morgan fingerprint density at radius 2 is 2.08 bits per heavy atom. The van der Waals surface area contributed by atoms with Crippen LogP contribution in [0.4, 0.5) is 5.82 Å². The monoisotopic (exact) mass is 499 g/mol. The summed E-state index contributed by atoms with van der Waals surface area (Å²) in [5.41, 5.74) is 2.85. The Morgan fingerprint density at radius 1 is 1.24 bits per heavy atom. The molecule has 5 rings (SSSR count). The van der Waals surface area contributed by atoms with Gasteiger partial charge in [-0.25, -0.2) is 9.50 Å². The Labute approximate surface area is 216 Å². The van der Waals surface area contributed by atoms with Crippen LogP contribution < -0.4 is 9.64 Å². The van der Waals surface area contributed by atoms with Crippen LogP contribution in [0.1, 0.15) is 12.5 Å². The van der Waals surface area contributed by atoms with Crippen molar-refractivity contribution in [2.75, 3.05) is 63.9 Å². The van der Waals surface area contributed by atoms with Crippen LogP contribution in [-0.4, -0.2) is 95.4 Å². The summed E-state index contributed by atoms with van der Waals surface area (Å²) < 4.78 is 13.7. The fraction of sp³-hybridized carbons (Fsp3) is 0.407. The molecule has 1 amide bonds. The van der Waals surface area contributed by atoms with Gasteiger partial charge in [-0.05, 0) is 30.7 Å². The van der Waals surface area contributed by atoms with Crippen molar-refractivity contribution in [1.29, 1.82) is 5.26 Å². The smallest absolute Gasteiger partial charge is 0.298 e. The standard InChI is InChI=1S/C27H29N7O3/c1-3-26(35)33-9-7-32(8-10-33)25-6-5-20(15-29-25)24-13-22(18-34-27(24)21(14-28)16-30-34)37-19-23-17-31(4-2)11-12-36-23/h1,5-6,13,15-16,18,23H,4,7-12,17,19H2,2H3/t23-/m1/s1. The molecule has 0 aromatic carbocycles. The number of nitrogens with zero attached hydrogens (tertiary/aromatic N) is 7. The summed E-state index contributed by atoms with van der Waals surface area (Å²) in [4.78, 5) is 22.6. The zero-order valence-electron chi connectivity index (χ0n) is 20.8. The molecule has 10 nitrogen and oxygen atoms in total. The van der Waals surface area contributed by atoms with Gasteiger partial charge < -0.3 is 19.3 Å². The number of amides is 1. The van der Waals surface area contributed by atoms with E-state index < -0.39 is 0 Å². The zero-order valence-corrected chi connectivity index (χ0v) is 20.8. The number of morpholine rings is 1. The number of aromatic nitrogens is 3. The third kappa shape index (κ3) is 5.21. The molecule has 3 aromatic rings. The second kappa shape index (κ2) is 10.9. The van der Waals surface area contributed by atoms with E-state index in [0.717, 1.165) is 36.6 Å². The van der Waals surface area contributed by atoms with Crippen molar-refractivity contribution in [2.45, 2.75) is 13.0 Å². The predicted octanol–water partition coefficient (Wildman–Crippen LogP) is 1.65. The second-order valence-corrected chi connectivity index (χ2v) is 9.08. The van der Waals surface area contributed by atoms with Gasteiger partial charge in [0.15, 0.2) is 0 Å². The lowest BCUT2D eigenvalue weighted by Crippen LogP contribution is -2.48. The van der Waals surface area contributed by atoms with Crippen molar-refractivity contribution in [3.8, 4) is 35.3 Å². The molecule has 1 atom stereocenters. The highest BCUT2D eigenvalue weighted by atomic mass is 16.5. The van der Waals surface area contributed by atoms with Gasteiger partial charge in [0.2, 0.25) is 0 Å². The molecular weight excluding hydrogens is 470 g/mol. The molecular formula is C27H29N7O3. The lowest BCUT2D eigenvalue weighted by molar-refractivity contribution is -0.125. The molecule has 2 fully saturated rings. The Bertz CT molecular complexity index is 1350. The van der Waals surface area contributed by atoms with E-state index in [0.29, 0.717) is 56.2 Å². The van der Waals surface area contributed by atoms with Crippen molar-refractivity contribution in [3.05, 3.63) is 42.4 Å². The number of terminal acetylenes is 1. The molecule has 0 radical (unpaired) electrons. The fourth-order valence-electron chi connectivity index (χ4n) is 4.80. The summed E-state index contributed by atoms with van der Waals surface area (Å²) in [5.74, 6) is 3.37. The number of piperazine rings is 1. The molecule has 0 unspecified atom stereocenters. The number of fused-ring (bicyclic) bond motifs is 1. The number of hydrogen-bond acceptors (Lipinski definition) is 8. The number of rotatable bonds is 6. The van der Waals surface area contributed by atoms with E-state index in [4.69, 9.17) is 15.9 Å². The van der Waals surface area contributed by atoms with Gasteiger partial charge in [0.1, 0.15) is 30.3 Å². The van der Waals surface area contributed by atoms with Crippen molar-refractivity contribution >= 4 is 17.2 Å². The zero-order chi connectivity index (χ0) is 25.8. The average molecular weight is 500 g/mol. The Kier molecular flexibility index (Phi) is 7.22. The highest BCUT2D eigenvalue weighted by molar-refractivity contribution is 5.93. The fourth-order valence-corrected chi connectivity index (χ4v) is 4.80. The number of pyridine rings is 2. The van der Waals surface area contributed by atoms with Crippen LogP contribution in [0.15, 0.2) is 36.8 Å². The maximum Gasteiger partial charge on any atom is 0.298 e. The predicted molar refractivity (Wildman–Crippen MR) is 138 cm³/mol. The number of ether oxygens (including phenoxy) is 2. The van der Waals surface area contributed by atoms with Gasteiger partial charge in [-0.3, -0.25) is 9.69 Å². The molecule has 0 saturated carbocycles. The van der Waals surface area contributed by atoms with Crippen LogP contribution in [0, 0.1) is 23.7 Å². The van der Waals surface area contributed by atoms with Gasteiger partial charge in [-0.1, -0.05) is 6.92 Å². The van der Waals surface area contributed by atoms with Crippen LogP contribution in [0.3, 0.4) is 0 Å². The maximum atomic E-state index is 11.7. The van der Waals surface area contributed by atoms with Crippen molar-refractivity contribution < 1.29 is 14.3 Å². The molecule has 0 spiro atoms. The summed E-state index contributed by atoms with van der Waals surface area (Å²) in [6.07, 6.45) is 10.4. The third-order valence-electron chi connectivity index (χ3n) is 6.89. The van der Waals surface area contributed by atoms with Crippen LogP contribution in [-0.2, 0) is 9.53 Å². The molecule has 190 valence electrons. The minimum absolute atomic E-state index is 0.00233. The largest absolute Gasteiger partial charge is 0.489 e. The summed E-state index contributed by atoms with van der Waals surface area (Å²) in [6, 6.07) is 8.10. The number of anilines is 1. The van der Waals surface area contributed by atoms with Crippen LogP contribution >= 0.6 is 0 Å². The average Bonchev–Trinajstić information content (AvgIpc) is 3.38. The van der Waals surface area contributed by atoms with E-state index >= 15 is 0 Å². The number of nitriles is 1. The van der Waals surface area contributed by atoms with Gasteiger partial charge in [0.05, 0.1) is 30.1 Å². The molecule has 5 heterocycles. The Morgan fingerprint density at radius 3 is 2.78 bits per heavy atom. The summed E-state index contributed by atoms with van der Waals surface area (Å²) in [5, 5.41) is 14.0. The SMILES string of the molecule is C#CC(=O)N1CCN(c2ccc(-c3cc(OC[C@H]4CN(CC)CCO4)cn4ncc(C#N)c34)cn2)CC1. The normalized spacial score (nSPS) is 18.4. The minimum atomic E-state index is -0.277. The molecule has 0 bridgehead atoms. The van der Waals surface area contributed by atoms with Crippen LogP contribution in [0.25, 0.3) is 16.6 Å². The van der Waals surface area contributed by atoms with E-state index in [-0.39, 0.29) is 12.0 Å². The van der Waals surface area contributed by atoms with Gasteiger partial charge >= 0.3 is 0 Å². The highest BCUT2D eigenvalue weighted by Gasteiger charge is 2.22. The number of carbonyl (C=O) groups is 1. The summed E-state index contributed by atoms with van der Waals surface area (Å²) in [7, 11) is 0. The van der Waals surface area contributed by atoms with E-state index in [1.807, 2.05) is 18.2 Å². The lowest BCUT2D eigenvalue weighted by atomic mass is 10.1. The molecule has 2 aliphatic rings.